The number of nitrogens with one attached hydrogen (secondary N) is 2. The summed E-state index contributed by atoms with van der Waals surface area (Å²) in [5, 5.41) is 6.32. The Morgan fingerprint density at radius 2 is 1.82 bits per heavy atom. The molecule has 1 atom stereocenters. The van der Waals surface area contributed by atoms with Crippen LogP contribution < -0.4 is 10.6 Å². The van der Waals surface area contributed by atoms with Crippen molar-refractivity contribution in [2.75, 3.05) is 32.7 Å². The molecule has 1 aromatic carbocycles. The molecule has 1 fully saturated rings. The molecule has 0 spiro atoms. The first-order valence-corrected chi connectivity index (χ1v) is 11.5. The Labute approximate surface area is 175 Å². The molecule has 0 radical (unpaired) electrons. The molecule has 0 aliphatic carbocycles. The van der Waals surface area contributed by atoms with Crippen LogP contribution in [-0.4, -0.2) is 51.4 Å². The molecule has 0 saturated carbocycles. The highest BCUT2D eigenvalue weighted by atomic mass is 35.5. The highest BCUT2D eigenvalue weighted by molar-refractivity contribution is 7.89. The Balaban J connectivity index is 0.00000392. The molecule has 8 heteroatoms. The van der Waals surface area contributed by atoms with E-state index < -0.39 is 10.0 Å². The van der Waals surface area contributed by atoms with Crippen LogP contribution in [0.2, 0.25) is 0 Å². The second-order valence-electron chi connectivity index (χ2n) is 7.19. The van der Waals surface area contributed by atoms with Gasteiger partial charge in [0, 0.05) is 25.2 Å². The van der Waals surface area contributed by atoms with Gasteiger partial charge in [0.1, 0.15) is 0 Å². The summed E-state index contributed by atoms with van der Waals surface area (Å²) in [6, 6.07) is 6.27. The third-order valence-corrected chi connectivity index (χ3v) is 6.85. The second-order valence-corrected chi connectivity index (χ2v) is 9.12. The van der Waals surface area contributed by atoms with Gasteiger partial charge in [0.05, 0.1) is 4.90 Å². The van der Waals surface area contributed by atoms with Crippen molar-refractivity contribution in [2.45, 2.75) is 50.8 Å². The van der Waals surface area contributed by atoms with Crippen molar-refractivity contribution in [1.29, 1.82) is 0 Å². The lowest BCUT2D eigenvalue weighted by atomic mass is 9.96. The molecule has 1 heterocycles. The molecule has 2 N–H and O–H groups in total. The third kappa shape index (κ3) is 7.03. The van der Waals surface area contributed by atoms with Crippen molar-refractivity contribution in [3.8, 4) is 0 Å². The van der Waals surface area contributed by atoms with Crippen LogP contribution in [0.15, 0.2) is 29.2 Å². The Morgan fingerprint density at radius 3 is 2.36 bits per heavy atom. The number of carbonyl (C=O) groups is 1. The summed E-state index contributed by atoms with van der Waals surface area (Å²) in [6.45, 7) is 7.71. The number of hydrogen-bond donors (Lipinski definition) is 2. The van der Waals surface area contributed by atoms with Gasteiger partial charge in [-0.1, -0.05) is 13.8 Å². The van der Waals surface area contributed by atoms with Crippen molar-refractivity contribution < 1.29 is 13.2 Å². The zero-order chi connectivity index (χ0) is 19.7. The van der Waals surface area contributed by atoms with Crippen molar-refractivity contribution in [2.24, 2.45) is 5.92 Å². The normalized spacial score (nSPS) is 17.2. The summed E-state index contributed by atoms with van der Waals surface area (Å²) in [7, 11) is -3.50. The number of hydrogen-bond acceptors (Lipinski definition) is 4. The van der Waals surface area contributed by atoms with E-state index in [2.05, 4.69) is 10.6 Å². The van der Waals surface area contributed by atoms with Crippen LogP contribution in [-0.2, 0) is 10.0 Å². The minimum atomic E-state index is -3.50. The van der Waals surface area contributed by atoms with Gasteiger partial charge in [-0.2, -0.15) is 4.31 Å². The quantitative estimate of drug-likeness (QED) is 0.596. The van der Waals surface area contributed by atoms with Crippen LogP contribution >= 0.6 is 12.4 Å². The number of nitrogens with zero attached hydrogens (tertiary/aromatic N) is 1. The fraction of sp³-hybridized carbons (Fsp3) is 0.650. The van der Waals surface area contributed by atoms with Gasteiger partial charge in [-0.05, 0) is 75.4 Å². The Morgan fingerprint density at radius 1 is 1.18 bits per heavy atom. The summed E-state index contributed by atoms with van der Waals surface area (Å²) in [5.41, 5.74) is 0.494. The average molecular weight is 432 g/mol. The Hall–Kier alpha value is -1.15. The van der Waals surface area contributed by atoms with Crippen molar-refractivity contribution >= 4 is 28.3 Å². The van der Waals surface area contributed by atoms with E-state index in [9.17, 15) is 13.2 Å². The predicted octanol–water partition coefficient (Wildman–Crippen LogP) is 3.04. The molecule has 0 bridgehead atoms. The number of amides is 1. The van der Waals surface area contributed by atoms with Crippen LogP contribution in [0.1, 0.15) is 56.3 Å². The number of sulfonamides is 1. The Bertz CT molecular complexity index is 683. The first kappa shape index (κ1) is 24.9. The number of halogens is 1. The van der Waals surface area contributed by atoms with Gasteiger partial charge in [0.2, 0.25) is 10.0 Å². The predicted molar refractivity (Wildman–Crippen MR) is 116 cm³/mol. The molecule has 1 saturated heterocycles. The average Bonchev–Trinajstić information content (AvgIpc) is 2.68. The van der Waals surface area contributed by atoms with Gasteiger partial charge in [-0.25, -0.2) is 8.42 Å². The highest BCUT2D eigenvalue weighted by Gasteiger charge is 2.23. The van der Waals surface area contributed by atoms with E-state index in [0.717, 1.165) is 32.4 Å². The van der Waals surface area contributed by atoms with Crippen LogP contribution in [0.3, 0.4) is 0 Å². The third-order valence-electron chi connectivity index (χ3n) is 4.94. The van der Waals surface area contributed by atoms with Crippen molar-refractivity contribution in [3.63, 3.8) is 0 Å². The molecule has 1 aliphatic rings. The molecule has 2 rings (SSSR count). The second kappa shape index (κ2) is 12.4. The maximum absolute atomic E-state index is 12.8. The number of carbonyl (C=O) groups excluding carboxylic acids is 1. The minimum Gasteiger partial charge on any atom is -0.352 e. The first-order valence-electron chi connectivity index (χ1n) is 10.1. The van der Waals surface area contributed by atoms with E-state index in [4.69, 9.17) is 0 Å². The summed E-state index contributed by atoms with van der Waals surface area (Å²) >= 11 is 0. The maximum Gasteiger partial charge on any atom is 0.251 e. The topological polar surface area (TPSA) is 78.5 Å². The fourth-order valence-corrected chi connectivity index (χ4v) is 5.06. The summed E-state index contributed by atoms with van der Waals surface area (Å²) in [6.07, 6.45) is 4.92. The van der Waals surface area contributed by atoms with Gasteiger partial charge >= 0.3 is 0 Å². The van der Waals surface area contributed by atoms with Gasteiger partial charge in [0.15, 0.2) is 0 Å². The first-order chi connectivity index (χ1) is 13.0. The van der Waals surface area contributed by atoms with Crippen LogP contribution in [0.25, 0.3) is 0 Å². The molecular weight excluding hydrogens is 398 g/mol. The summed E-state index contributed by atoms with van der Waals surface area (Å²) < 4.78 is 27.0. The van der Waals surface area contributed by atoms with Crippen molar-refractivity contribution in [3.05, 3.63) is 29.8 Å². The summed E-state index contributed by atoms with van der Waals surface area (Å²) in [5.74, 6) is 0.469. The zero-order valence-corrected chi connectivity index (χ0v) is 18.6. The van der Waals surface area contributed by atoms with E-state index in [0.29, 0.717) is 31.1 Å². The van der Waals surface area contributed by atoms with E-state index >= 15 is 0 Å². The number of rotatable bonds is 10. The van der Waals surface area contributed by atoms with Gasteiger partial charge in [-0.3, -0.25) is 4.79 Å². The molecule has 1 aliphatic heterocycles. The zero-order valence-electron chi connectivity index (χ0n) is 16.9. The van der Waals surface area contributed by atoms with Crippen molar-refractivity contribution in [1.82, 2.24) is 14.9 Å². The molecule has 1 aromatic rings. The molecule has 28 heavy (non-hydrogen) atoms. The lowest BCUT2D eigenvalue weighted by molar-refractivity contribution is 0.0950. The number of benzene rings is 1. The minimum absolute atomic E-state index is 0. The number of piperidine rings is 1. The van der Waals surface area contributed by atoms with Gasteiger partial charge in [0.25, 0.3) is 5.91 Å². The van der Waals surface area contributed by atoms with Gasteiger partial charge < -0.3 is 10.6 Å². The molecule has 160 valence electrons. The monoisotopic (exact) mass is 431 g/mol. The highest BCUT2D eigenvalue weighted by Crippen LogP contribution is 2.18. The van der Waals surface area contributed by atoms with Crippen LogP contribution in [0, 0.1) is 5.92 Å². The molecule has 1 unspecified atom stereocenters. The molecule has 1 amide bonds. The summed E-state index contributed by atoms with van der Waals surface area (Å²) in [4.78, 5) is 12.5. The maximum atomic E-state index is 12.8. The van der Waals surface area contributed by atoms with Gasteiger partial charge in [-0.15, -0.1) is 12.4 Å². The lowest BCUT2D eigenvalue weighted by Crippen LogP contribution is -2.33. The lowest BCUT2D eigenvalue weighted by Gasteiger charge is -2.22. The van der Waals surface area contributed by atoms with Crippen LogP contribution in [0.5, 0.6) is 0 Å². The SMILES string of the molecule is CCCN(CCC)S(=O)(=O)c1ccc(C(=O)NCCC2CCCNC2)cc1.Cl. The molecule has 0 aromatic heterocycles. The molecular formula is C20H34ClN3O3S. The largest absolute Gasteiger partial charge is 0.352 e. The fourth-order valence-electron chi connectivity index (χ4n) is 3.44. The van der Waals surface area contributed by atoms with E-state index in [-0.39, 0.29) is 23.2 Å². The molecule has 6 nitrogen and oxygen atoms in total. The van der Waals surface area contributed by atoms with E-state index in [1.807, 2.05) is 13.8 Å². The Kier molecular flexibility index (Phi) is 11.0. The smallest absolute Gasteiger partial charge is 0.251 e. The van der Waals surface area contributed by atoms with Crippen LogP contribution in [0.4, 0.5) is 0 Å². The van der Waals surface area contributed by atoms with E-state index in [1.54, 1.807) is 12.1 Å². The van der Waals surface area contributed by atoms with E-state index in [1.165, 1.54) is 29.3 Å². The standard InChI is InChI=1S/C20H33N3O3S.ClH/c1-3-14-23(15-4-2)27(25,26)19-9-7-18(8-10-19)20(24)22-13-11-17-6-5-12-21-16-17;/h7-10,17,21H,3-6,11-16H2,1-2H3,(H,22,24);1H.